The summed E-state index contributed by atoms with van der Waals surface area (Å²) < 4.78 is 0. The van der Waals surface area contributed by atoms with E-state index in [0.29, 0.717) is 11.4 Å². The summed E-state index contributed by atoms with van der Waals surface area (Å²) in [5.74, 6) is 0.463. The minimum atomic E-state index is -0.226. The highest BCUT2D eigenvalue weighted by Gasteiger charge is 2.25. The number of aryl methyl sites for hydroxylation is 1. The van der Waals surface area contributed by atoms with Crippen molar-refractivity contribution in [2.75, 3.05) is 0 Å². The Balaban J connectivity index is 2.09. The van der Waals surface area contributed by atoms with E-state index in [9.17, 15) is 9.90 Å². The number of H-pyrrole nitrogens is 1. The van der Waals surface area contributed by atoms with Gasteiger partial charge in [-0.25, -0.2) is 0 Å². The van der Waals surface area contributed by atoms with Crippen LogP contribution >= 0.6 is 0 Å². The summed E-state index contributed by atoms with van der Waals surface area (Å²) in [6, 6.07) is 8.27. The van der Waals surface area contributed by atoms with E-state index in [1.54, 1.807) is 0 Å². The van der Waals surface area contributed by atoms with Gasteiger partial charge in [-0.15, -0.1) is 0 Å². The maximum Gasteiger partial charge on any atom is 0.258 e. The fourth-order valence-electron chi connectivity index (χ4n) is 3.21. The summed E-state index contributed by atoms with van der Waals surface area (Å²) in [5.41, 5.74) is 2.66. The van der Waals surface area contributed by atoms with E-state index >= 15 is 0 Å². The van der Waals surface area contributed by atoms with Crippen LogP contribution in [0.5, 0.6) is 5.88 Å². The SMILES string of the molecule is CC(C)c1c(O)nc(C2CCCc3ccccc32)[nH]c1=O. The Labute approximate surface area is 123 Å². The molecule has 0 spiro atoms. The molecule has 0 fully saturated rings. The molecule has 0 bridgehead atoms. The second-order valence-corrected chi connectivity index (χ2v) is 5.99. The number of hydrogen-bond donors (Lipinski definition) is 2. The van der Waals surface area contributed by atoms with Crippen LogP contribution in [0, 0.1) is 0 Å². The predicted octanol–water partition coefficient (Wildman–Crippen LogP) is 3.07. The lowest BCUT2D eigenvalue weighted by atomic mass is 9.82. The average molecular weight is 284 g/mol. The van der Waals surface area contributed by atoms with Gasteiger partial charge in [0.1, 0.15) is 5.82 Å². The van der Waals surface area contributed by atoms with Gasteiger partial charge in [0.25, 0.3) is 5.56 Å². The highest BCUT2D eigenvalue weighted by molar-refractivity contribution is 5.37. The minimum absolute atomic E-state index is 0.0473. The molecule has 0 saturated carbocycles. The van der Waals surface area contributed by atoms with Crippen LogP contribution in [0.4, 0.5) is 0 Å². The molecule has 1 unspecified atom stereocenters. The van der Waals surface area contributed by atoms with E-state index in [1.807, 2.05) is 26.0 Å². The van der Waals surface area contributed by atoms with Crippen molar-refractivity contribution in [3.05, 3.63) is 57.1 Å². The number of nitrogens with zero attached hydrogens (tertiary/aromatic N) is 1. The number of fused-ring (bicyclic) bond motifs is 1. The van der Waals surface area contributed by atoms with Gasteiger partial charge in [-0.2, -0.15) is 4.98 Å². The van der Waals surface area contributed by atoms with E-state index < -0.39 is 0 Å². The minimum Gasteiger partial charge on any atom is -0.493 e. The lowest BCUT2D eigenvalue weighted by Crippen LogP contribution is -2.22. The van der Waals surface area contributed by atoms with Crippen LogP contribution in [0.1, 0.15) is 61.0 Å². The van der Waals surface area contributed by atoms with E-state index in [0.717, 1.165) is 19.3 Å². The van der Waals surface area contributed by atoms with E-state index in [-0.39, 0.29) is 23.3 Å². The Hall–Kier alpha value is -2.10. The van der Waals surface area contributed by atoms with Crippen molar-refractivity contribution in [3.8, 4) is 5.88 Å². The zero-order valence-electron chi connectivity index (χ0n) is 12.4. The van der Waals surface area contributed by atoms with Crippen molar-refractivity contribution in [1.29, 1.82) is 0 Å². The molecule has 1 heterocycles. The molecule has 1 aromatic heterocycles. The van der Waals surface area contributed by atoms with E-state index in [2.05, 4.69) is 22.1 Å². The highest BCUT2D eigenvalue weighted by atomic mass is 16.3. The third-order valence-electron chi connectivity index (χ3n) is 4.23. The number of rotatable bonds is 2. The molecule has 4 heteroatoms. The Bertz CT molecular complexity index is 719. The summed E-state index contributed by atoms with van der Waals surface area (Å²) >= 11 is 0. The maximum atomic E-state index is 12.2. The maximum absolute atomic E-state index is 12.2. The summed E-state index contributed by atoms with van der Waals surface area (Å²) in [4.78, 5) is 19.4. The Kier molecular flexibility index (Phi) is 3.53. The van der Waals surface area contributed by atoms with Crippen LogP contribution in [0.15, 0.2) is 29.1 Å². The third kappa shape index (κ3) is 2.46. The molecule has 4 nitrogen and oxygen atoms in total. The van der Waals surface area contributed by atoms with Gasteiger partial charge < -0.3 is 10.1 Å². The van der Waals surface area contributed by atoms with Crippen molar-refractivity contribution in [2.45, 2.75) is 44.9 Å². The summed E-state index contributed by atoms with van der Waals surface area (Å²) in [7, 11) is 0. The average Bonchev–Trinajstić information content (AvgIpc) is 2.45. The molecule has 1 aliphatic carbocycles. The first-order valence-corrected chi connectivity index (χ1v) is 7.48. The fraction of sp³-hybridized carbons (Fsp3) is 0.412. The van der Waals surface area contributed by atoms with Crippen molar-refractivity contribution in [2.24, 2.45) is 0 Å². The van der Waals surface area contributed by atoms with Gasteiger partial charge in [0.05, 0.1) is 5.56 Å². The zero-order chi connectivity index (χ0) is 15.0. The largest absolute Gasteiger partial charge is 0.493 e. The first-order valence-electron chi connectivity index (χ1n) is 7.48. The Morgan fingerprint density at radius 3 is 2.81 bits per heavy atom. The fourth-order valence-corrected chi connectivity index (χ4v) is 3.21. The van der Waals surface area contributed by atoms with Gasteiger partial charge >= 0.3 is 0 Å². The molecule has 3 rings (SSSR count). The first-order chi connectivity index (χ1) is 10.1. The molecular weight excluding hydrogens is 264 g/mol. The predicted molar refractivity (Wildman–Crippen MR) is 81.8 cm³/mol. The van der Waals surface area contributed by atoms with Crippen molar-refractivity contribution >= 4 is 0 Å². The number of hydrogen-bond acceptors (Lipinski definition) is 3. The second kappa shape index (κ2) is 5.35. The number of aromatic amines is 1. The van der Waals surface area contributed by atoms with Crippen LogP contribution in [-0.4, -0.2) is 15.1 Å². The smallest absolute Gasteiger partial charge is 0.258 e. The number of aromatic nitrogens is 2. The lowest BCUT2D eigenvalue weighted by molar-refractivity contribution is 0.431. The van der Waals surface area contributed by atoms with E-state index in [4.69, 9.17) is 0 Å². The molecule has 1 atom stereocenters. The topological polar surface area (TPSA) is 66.0 Å². The van der Waals surface area contributed by atoms with Crippen LogP contribution < -0.4 is 5.56 Å². The van der Waals surface area contributed by atoms with Crippen LogP contribution in [0.2, 0.25) is 0 Å². The molecule has 0 aliphatic heterocycles. The van der Waals surface area contributed by atoms with Gasteiger partial charge in [0.2, 0.25) is 5.88 Å². The molecule has 0 radical (unpaired) electrons. The van der Waals surface area contributed by atoms with Gasteiger partial charge in [-0.05, 0) is 36.3 Å². The number of benzene rings is 1. The molecule has 2 aromatic rings. The molecular formula is C17H20N2O2. The van der Waals surface area contributed by atoms with Crippen LogP contribution in [0.25, 0.3) is 0 Å². The Morgan fingerprint density at radius 2 is 2.10 bits per heavy atom. The molecule has 110 valence electrons. The summed E-state index contributed by atoms with van der Waals surface area (Å²) in [5, 5.41) is 10.1. The first kappa shape index (κ1) is 13.9. The number of aromatic hydroxyl groups is 1. The number of nitrogens with one attached hydrogen (secondary N) is 1. The molecule has 0 amide bonds. The third-order valence-corrected chi connectivity index (χ3v) is 4.23. The van der Waals surface area contributed by atoms with Gasteiger partial charge in [-0.1, -0.05) is 38.1 Å². The normalized spacial score (nSPS) is 17.8. The van der Waals surface area contributed by atoms with Gasteiger partial charge in [0.15, 0.2) is 0 Å². The van der Waals surface area contributed by atoms with Gasteiger partial charge in [-0.3, -0.25) is 4.79 Å². The Morgan fingerprint density at radius 1 is 1.33 bits per heavy atom. The summed E-state index contributed by atoms with van der Waals surface area (Å²) in [6.07, 6.45) is 3.07. The van der Waals surface area contributed by atoms with Crippen molar-refractivity contribution in [1.82, 2.24) is 9.97 Å². The molecule has 0 saturated heterocycles. The molecule has 1 aliphatic rings. The second-order valence-electron chi connectivity index (χ2n) is 5.99. The van der Waals surface area contributed by atoms with Crippen LogP contribution in [0.3, 0.4) is 0 Å². The highest BCUT2D eigenvalue weighted by Crippen LogP contribution is 2.35. The van der Waals surface area contributed by atoms with Crippen LogP contribution in [-0.2, 0) is 6.42 Å². The molecule has 2 N–H and O–H groups in total. The zero-order valence-corrected chi connectivity index (χ0v) is 12.4. The van der Waals surface area contributed by atoms with Crippen molar-refractivity contribution < 1.29 is 5.11 Å². The van der Waals surface area contributed by atoms with Gasteiger partial charge in [0, 0.05) is 5.92 Å². The van der Waals surface area contributed by atoms with E-state index in [1.165, 1.54) is 11.1 Å². The quantitative estimate of drug-likeness (QED) is 0.890. The lowest BCUT2D eigenvalue weighted by Gasteiger charge is -2.25. The monoisotopic (exact) mass is 284 g/mol. The molecule has 1 aromatic carbocycles. The standard InChI is InChI=1S/C17H20N2O2/c1-10(2)14-16(20)18-15(19-17(14)21)13-9-5-7-11-6-3-4-8-12(11)13/h3-4,6,8,10,13H,5,7,9H2,1-2H3,(H2,18,19,20,21). The molecule has 21 heavy (non-hydrogen) atoms. The summed E-state index contributed by atoms with van der Waals surface area (Å²) in [6.45, 7) is 3.75. The van der Waals surface area contributed by atoms with Crippen molar-refractivity contribution in [3.63, 3.8) is 0 Å².